The molecule has 0 aliphatic carbocycles. The summed E-state index contributed by atoms with van der Waals surface area (Å²) in [6, 6.07) is 11.9. The Morgan fingerprint density at radius 2 is 1.79 bits per heavy atom. The van der Waals surface area contributed by atoms with Gasteiger partial charge in [0.05, 0.1) is 24.3 Å². The highest BCUT2D eigenvalue weighted by atomic mass is 32.2. The molecule has 0 aromatic heterocycles. The number of esters is 1. The molecule has 0 unspecified atom stereocenters. The molecule has 1 atom stereocenters. The Morgan fingerprint density at radius 1 is 1.14 bits per heavy atom. The Labute approximate surface area is 168 Å². The zero-order valence-corrected chi connectivity index (χ0v) is 16.7. The van der Waals surface area contributed by atoms with Gasteiger partial charge in [0.25, 0.3) is 5.91 Å². The number of carbonyl (C=O) groups is 2. The molecule has 152 valence electrons. The Balaban J connectivity index is 2.13. The quantitative estimate of drug-likeness (QED) is 0.654. The molecule has 2 N–H and O–H groups in total. The van der Waals surface area contributed by atoms with E-state index in [0.29, 0.717) is 11.3 Å². The second kappa shape index (κ2) is 9.18. The fourth-order valence-electron chi connectivity index (χ4n) is 2.28. The molecule has 1 amide bonds. The lowest BCUT2D eigenvalue weighted by Crippen LogP contribution is -2.30. The SMILES string of the molecule is CNS(=O)(=O)c1cc(C(=O)O[C@@H](C)C(=O)Nc2ccc(C#N)cc2)ccc1OC. The van der Waals surface area contributed by atoms with Gasteiger partial charge < -0.3 is 14.8 Å². The van der Waals surface area contributed by atoms with E-state index in [1.54, 1.807) is 12.1 Å². The van der Waals surface area contributed by atoms with Gasteiger partial charge in [-0.2, -0.15) is 5.26 Å². The van der Waals surface area contributed by atoms with Crippen molar-refractivity contribution in [3.63, 3.8) is 0 Å². The normalized spacial score (nSPS) is 11.8. The van der Waals surface area contributed by atoms with Crippen LogP contribution in [0.2, 0.25) is 0 Å². The summed E-state index contributed by atoms with van der Waals surface area (Å²) in [6.45, 7) is 1.38. The first kappa shape index (κ1) is 21.9. The van der Waals surface area contributed by atoms with Gasteiger partial charge >= 0.3 is 5.97 Å². The molecule has 2 rings (SSSR count). The van der Waals surface area contributed by atoms with Gasteiger partial charge in [-0.25, -0.2) is 17.9 Å². The summed E-state index contributed by atoms with van der Waals surface area (Å²) in [6.07, 6.45) is -1.15. The molecule has 0 saturated carbocycles. The largest absolute Gasteiger partial charge is 0.495 e. The minimum atomic E-state index is -3.87. The summed E-state index contributed by atoms with van der Waals surface area (Å²) >= 11 is 0. The van der Waals surface area contributed by atoms with Crippen molar-refractivity contribution in [1.82, 2.24) is 4.72 Å². The standard InChI is InChI=1S/C19H19N3O6S/c1-12(18(23)22-15-7-4-13(11-20)5-8-15)28-19(24)14-6-9-16(27-3)17(10-14)29(25,26)21-2/h4-10,12,21H,1-3H3,(H,22,23)/t12-/m0/s1. The first-order chi connectivity index (χ1) is 13.7. The number of nitrogens with zero attached hydrogens (tertiary/aromatic N) is 1. The maximum absolute atomic E-state index is 12.4. The Kier molecular flexibility index (Phi) is 6.93. The number of rotatable bonds is 7. The maximum Gasteiger partial charge on any atom is 0.338 e. The van der Waals surface area contributed by atoms with Gasteiger partial charge in [0.1, 0.15) is 10.6 Å². The summed E-state index contributed by atoms with van der Waals surface area (Å²) in [5.41, 5.74) is 0.815. The Hall–Kier alpha value is -3.42. The molecule has 29 heavy (non-hydrogen) atoms. The van der Waals surface area contributed by atoms with Crippen LogP contribution >= 0.6 is 0 Å². The van der Waals surface area contributed by atoms with Gasteiger partial charge in [0.2, 0.25) is 10.0 Å². The van der Waals surface area contributed by atoms with Crippen LogP contribution in [0.1, 0.15) is 22.8 Å². The van der Waals surface area contributed by atoms with Crippen molar-refractivity contribution in [2.45, 2.75) is 17.9 Å². The lowest BCUT2D eigenvalue weighted by molar-refractivity contribution is -0.123. The van der Waals surface area contributed by atoms with Crippen LogP contribution in [0, 0.1) is 11.3 Å². The van der Waals surface area contributed by atoms with Crippen LogP contribution in [0.4, 0.5) is 5.69 Å². The van der Waals surface area contributed by atoms with Crippen LogP contribution in [0.5, 0.6) is 5.75 Å². The van der Waals surface area contributed by atoms with Crippen molar-refractivity contribution in [1.29, 1.82) is 5.26 Å². The highest BCUT2D eigenvalue weighted by molar-refractivity contribution is 7.89. The van der Waals surface area contributed by atoms with Crippen molar-refractivity contribution < 1.29 is 27.5 Å². The molecule has 0 aliphatic rings. The molecule has 0 spiro atoms. The van der Waals surface area contributed by atoms with Crippen LogP contribution in [-0.2, 0) is 19.6 Å². The average molecular weight is 417 g/mol. The predicted octanol–water partition coefficient (Wildman–Crippen LogP) is 1.66. The van der Waals surface area contributed by atoms with Gasteiger partial charge in [-0.05, 0) is 56.4 Å². The fourth-order valence-corrected chi connectivity index (χ4v) is 3.20. The third-order valence-corrected chi connectivity index (χ3v) is 5.33. The number of benzene rings is 2. The van der Waals surface area contributed by atoms with Crippen LogP contribution < -0.4 is 14.8 Å². The van der Waals surface area contributed by atoms with Crippen LogP contribution in [0.3, 0.4) is 0 Å². The number of methoxy groups -OCH3 is 1. The minimum Gasteiger partial charge on any atom is -0.495 e. The smallest absolute Gasteiger partial charge is 0.338 e. The molecule has 10 heteroatoms. The Bertz CT molecular complexity index is 1060. The Morgan fingerprint density at radius 3 is 2.34 bits per heavy atom. The number of nitriles is 1. The van der Waals surface area contributed by atoms with Crippen molar-refractivity contribution in [2.75, 3.05) is 19.5 Å². The molecule has 0 saturated heterocycles. The molecule has 0 bridgehead atoms. The van der Waals surface area contributed by atoms with E-state index in [1.807, 2.05) is 6.07 Å². The fraction of sp³-hybridized carbons (Fsp3) is 0.211. The average Bonchev–Trinajstić information content (AvgIpc) is 2.73. The van der Waals surface area contributed by atoms with Crippen molar-refractivity contribution >= 4 is 27.6 Å². The van der Waals surface area contributed by atoms with Gasteiger partial charge in [-0.3, -0.25) is 4.79 Å². The van der Waals surface area contributed by atoms with E-state index in [9.17, 15) is 18.0 Å². The number of amides is 1. The first-order valence-electron chi connectivity index (χ1n) is 8.35. The summed E-state index contributed by atoms with van der Waals surface area (Å²) in [5, 5.41) is 11.3. The van der Waals surface area contributed by atoms with Crippen LogP contribution in [0.25, 0.3) is 0 Å². The number of ether oxygens (including phenoxy) is 2. The van der Waals surface area contributed by atoms with Crippen molar-refractivity contribution in [2.24, 2.45) is 0 Å². The molecule has 0 fully saturated rings. The molecule has 2 aromatic carbocycles. The van der Waals surface area contributed by atoms with Gasteiger partial charge in [0, 0.05) is 5.69 Å². The molecule has 0 radical (unpaired) electrons. The number of anilines is 1. The first-order valence-corrected chi connectivity index (χ1v) is 9.83. The van der Waals surface area contributed by atoms with E-state index < -0.39 is 28.0 Å². The van der Waals surface area contributed by atoms with E-state index in [0.717, 1.165) is 6.07 Å². The summed E-state index contributed by atoms with van der Waals surface area (Å²) in [4.78, 5) is 24.4. The number of nitrogens with one attached hydrogen (secondary N) is 2. The molecular weight excluding hydrogens is 398 g/mol. The summed E-state index contributed by atoms with van der Waals surface area (Å²) < 4.78 is 36.5. The monoisotopic (exact) mass is 417 g/mol. The highest BCUT2D eigenvalue weighted by Crippen LogP contribution is 2.25. The second-order valence-corrected chi connectivity index (χ2v) is 7.65. The van der Waals surface area contributed by atoms with E-state index in [4.69, 9.17) is 14.7 Å². The van der Waals surface area contributed by atoms with Crippen molar-refractivity contribution in [3.8, 4) is 11.8 Å². The maximum atomic E-state index is 12.4. The third-order valence-electron chi connectivity index (χ3n) is 3.89. The van der Waals surface area contributed by atoms with E-state index in [2.05, 4.69) is 10.0 Å². The zero-order valence-electron chi connectivity index (χ0n) is 15.9. The summed E-state index contributed by atoms with van der Waals surface area (Å²) in [5.74, 6) is -1.40. The van der Waals surface area contributed by atoms with Crippen molar-refractivity contribution in [3.05, 3.63) is 53.6 Å². The molecule has 9 nitrogen and oxygen atoms in total. The number of hydrogen-bond acceptors (Lipinski definition) is 7. The molecule has 0 aliphatic heterocycles. The minimum absolute atomic E-state index is 0.0577. The molecule has 0 heterocycles. The predicted molar refractivity (Wildman–Crippen MR) is 104 cm³/mol. The van der Waals surface area contributed by atoms with Crippen LogP contribution in [-0.4, -0.2) is 40.6 Å². The van der Waals surface area contributed by atoms with Gasteiger partial charge in [-0.15, -0.1) is 0 Å². The lowest BCUT2D eigenvalue weighted by Gasteiger charge is -2.15. The summed E-state index contributed by atoms with van der Waals surface area (Å²) in [7, 11) is -1.34. The highest BCUT2D eigenvalue weighted by Gasteiger charge is 2.23. The van der Waals surface area contributed by atoms with Crippen LogP contribution in [0.15, 0.2) is 47.4 Å². The molecule has 2 aromatic rings. The topological polar surface area (TPSA) is 135 Å². The lowest BCUT2D eigenvalue weighted by atomic mass is 10.2. The number of carbonyl (C=O) groups excluding carboxylic acids is 2. The van der Waals surface area contributed by atoms with Gasteiger partial charge in [0.15, 0.2) is 6.10 Å². The van der Waals surface area contributed by atoms with E-state index in [1.165, 1.54) is 45.3 Å². The number of hydrogen-bond donors (Lipinski definition) is 2. The van der Waals surface area contributed by atoms with Gasteiger partial charge in [-0.1, -0.05) is 0 Å². The van der Waals surface area contributed by atoms with E-state index in [-0.39, 0.29) is 16.2 Å². The second-order valence-electron chi connectivity index (χ2n) is 5.80. The zero-order chi connectivity index (χ0) is 21.6. The molecular formula is C19H19N3O6S. The van der Waals surface area contributed by atoms with E-state index >= 15 is 0 Å². The number of sulfonamides is 1. The third kappa shape index (κ3) is 5.31.